The van der Waals surface area contributed by atoms with E-state index in [9.17, 15) is 5.11 Å². The van der Waals surface area contributed by atoms with Gasteiger partial charge in [-0.2, -0.15) is 0 Å². The highest BCUT2D eigenvalue weighted by atomic mass is 16.5. The van der Waals surface area contributed by atoms with E-state index in [0.717, 1.165) is 0 Å². The van der Waals surface area contributed by atoms with Gasteiger partial charge in [-0.15, -0.1) is 0 Å². The molecule has 0 aromatic rings. The Morgan fingerprint density at radius 3 is 2.46 bits per heavy atom. The van der Waals surface area contributed by atoms with Crippen LogP contribution in [0, 0.1) is 0 Å². The highest BCUT2D eigenvalue weighted by Crippen LogP contribution is 2.33. The van der Waals surface area contributed by atoms with Gasteiger partial charge in [0, 0.05) is 12.8 Å². The summed E-state index contributed by atoms with van der Waals surface area (Å²) in [5, 5.41) is 10.2. The van der Waals surface area contributed by atoms with Crippen molar-refractivity contribution in [1.29, 1.82) is 0 Å². The fourth-order valence-corrected chi connectivity index (χ4v) is 2.04. The van der Waals surface area contributed by atoms with E-state index in [1.165, 1.54) is 5.57 Å². The first-order valence-corrected chi connectivity index (χ1v) is 4.85. The molecule has 2 nitrogen and oxygen atoms in total. The molecule has 0 aliphatic carbocycles. The second kappa shape index (κ2) is 3.43. The first-order valence-electron chi connectivity index (χ1n) is 4.85. The molecule has 1 unspecified atom stereocenters. The average Bonchev–Trinajstić information content (AvgIpc) is 1.79. The van der Waals surface area contributed by atoms with Gasteiger partial charge < -0.3 is 9.84 Å². The van der Waals surface area contributed by atoms with E-state index in [2.05, 4.69) is 0 Å². The van der Waals surface area contributed by atoms with Crippen LogP contribution in [-0.4, -0.2) is 22.9 Å². The summed E-state index contributed by atoms with van der Waals surface area (Å²) in [6, 6.07) is 0. The Bertz CT molecular complexity index is 214. The van der Waals surface area contributed by atoms with E-state index in [0.29, 0.717) is 19.4 Å². The summed E-state index contributed by atoms with van der Waals surface area (Å²) in [6.07, 6.45) is 3.35. The predicted molar refractivity (Wildman–Crippen MR) is 53.6 cm³/mol. The van der Waals surface area contributed by atoms with Gasteiger partial charge in [-0.25, -0.2) is 0 Å². The molecule has 0 aromatic heterocycles. The van der Waals surface area contributed by atoms with Gasteiger partial charge in [-0.3, -0.25) is 0 Å². The molecule has 76 valence electrons. The first kappa shape index (κ1) is 10.7. The number of aliphatic hydroxyl groups is 1. The minimum Gasteiger partial charge on any atom is -0.386 e. The molecule has 0 bridgehead atoms. The monoisotopic (exact) mass is 184 g/mol. The Morgan fingerprint density at radius 1 is 1.38 bits per heavy atom. The number of ether oxygens (including phenoxy) is 1. The summed E-state index contributed by atoms with van der Waals surface area (Å²) >= 11 is 0. The normalized spacial score (nSPS) is 32.7. The number of hydrogen-bond donors (Lipinski definition) is 1. The van der Waals surface area contributed by atoms with Crippen molar-refractivity contribution < 1.29 is 9.84 Å². The largest absolute Gasteiger partial charge is 0.386 e. The van der Waals surface area contributed by atoms with E-state index < -0.39 is 5.60 Å². The molecule has 1 heterocycles. The minimum absolute atomic E-state index is 0.195. The van der Waals surface area contributed by atoms with Crippen LogP contribution in [0.1, 0.15) is 40.5 Å². The zero-order valence-corrected chi connectivity index (χ0v) is 9.05. The molecule has 1 aliphatic rings. The van der Waals surface area contributed by atoms with Crippen molar-refractivity contribution in [2.75, 3.05) is 6.61 Å². The summed E-state index contributed by atoms with van der Waals surface area (Å²) in [5.74, 6) is 0. The lowest BCUT2D eigenvalue weighted by molar-refractivity contribution is -0.124. The maximum Gasteiger partial charge on any atom is 0.0879 e. The lowest BCUT2D eigenvalue weighted by atomic mass is 9.83. The molecular formula is C11H20O2. The Hall–Kier alpha value is -0.340. The highest BCUT2D eigenvalue weighted by Gasteiger charge is 2.37. The van der Waals surface area contributed by atoms with Crippen molar-refractivity contribution in [3.63, 3.8) is 0 Å². The van der Waals surface area contributed by atoms with Crippen molar-refractivity contribution in [1.82, 2.24) is 0 Å². The lowest BCUT2D eigenvalue weighted by Crippen LogP contribution is -2.44. The molecular weight excluding hydrogens is 164 g/mol. The molecule has 1 atom stereocenters. The fourth-order valence-electron chi connectivity index (χ4n) is 2.04. The molecule has 1 saturated heterocycles. The van der Waals surface area contributed by atoms with Gasteiger partial charge in [0.15, 0.2) is 0 Å². The topological polar surface area (TPSA) is 29.5 Å². The van der Waals surface area contributed by atoms with E-state index in [-0.39, 0.29) is 5.60 Å². The third-order valence-electron chi connectivity index (χ3n) is 2.32. The molecule has 0 amide bonds. The summed E-state index contributed by atoms with van der Waals surface area (Å²) in [4.78, 5) is 0. The van der Waals surface area contributed by atoms with Crippen molar-refractivity contribution in [3.05, 3.63) is 11.6 Å². The van der Waals surface area contributed by atoms with Crippen LogP contribution in [0.4, 0.5) is 0 Å². The van der Waals surface area contributed by atoms with Crippen LogP contribution in [0.25, 0.3) is 0 Å². The van der Waals surface area contributed by atoms with Gasteiger partial charge in [-0.1, -0.05) is 11.6 Å². The van der Waals surface area contributed by atoms with Crippen LogP contribution in [0.2, 0.25) is 0 Å². The van der Waals surface area contributed by atoms with Crippen LogP contribution in [0.15, 0.2) is 11.6 Å². The van der Waals surface area contributed by atoms with E-state index >= 15 is 0 Å². The van der Waals surface area contributed by atoms with Gasteiger partial charge >= 0.3 is 0 Å². The van der Waals surface area contributed by atoms with Gasteiger partial charge in [0.2, 0.25) is 0 Å². The Kier molecular flexibility index (Phi) is 2.83. The van der Waals surface area contributed by atoms with Crippen molar-refractivity contribution >= 4 is 0 Å². The fraction of sp³-hybridized carbons (Fsp3) is 0.818. The molecule has 0 spiro atoms. The van der Waals surface area contributed by atoms with Crippen LogP contribution >= 0.6 is 0 Å². The van der Waals surface area contributed by atoms with Crippen molar-refractivity contribution in [2.24, 2.45) is 0 Å². The van der Waals surface area contributed by atoms with Gasteiger partial charge in [0.05, 0.1) is 17.8 Å². The smallest absolute Gasteiger partial charge is 0.0879 e. The third-order valence-corrected chi connectivity index (χ3v) is 2.32. The quantitative estimate of drug-likeness (QED) is 0.633. The summed E-state index contributed by atoms with van der Waals surface area (Å²) < 4.78 is 5.55. The van der Waals surface area contributed by atoms with E-state index in [4.69, 9.17) is 4.74 Å². The van der Waals surface area contributed by atoms with Crippen LogP contribution in [-0.2, 0) is 4.74 Å². The molecule has 1 rings (SSSR count). The maximum absolute atomic E-state index is 10.2. The molecule has 0 radical (unpaired) electrons. The molecule has 0 saturated carbocycles. The molecule has 1 aliphatic heterocycles. The first-order chi connectivity index (χ1) is 5.83. The Labute approximate surface area is 80.6 Å². The SMILES string of the molecule is CC(C)=CC1(O)CCOC(C)(C)C1. The van der Waals surface area contributed by atoms with Crippen LogP contribution in [0.3, 0.4) is 0 Å². The van der Waals surface area contributed by atoms with Gasteiger partial charge in [0.1, 0.15) is 0 Å². The molecule has 2 heteroatoms. The Morgan fingerprint density at radius 2 is 2.00 bits per heavy atom. The third kappa shape index (κ3) is 3.12. The Balaban J connectivity index is 2.74. The zero-order valence-electron chi connectivity index (χ0n) is 9.05. The van der Waals surface area contributed by atoms with Gasteiger partial charge in [-0.05, 0) is 27.7 Å². The number of rotatable bonds is 1. The summed E-state index contributed by atoms with van der Waals surface area (Å²) in [6.45, 7) is 8.72. The van der Waals surface area contributed by atoms with E-state index in [1.807, 2.05) is 33.8 Å². The second-order valence-corrected chi connectivity index (χ2v) is 4.86. The summed E-state index contributed by atoms with van der Waals surface area (Å²) in [5.41, 5.74) is 0.319. The van der Waals surface area contributed by atoms with Crippen molar-refractivity contribution in [2.45, 2.75) is 51.7 Å². The standard InChI is InChI=1S/C11H20O2/c1-9(2)7-11(12)5-6-13-10(3,4)8-11/h7,12H,5-6,8H2,1-4H3. The number of allylic oxidation sites excluding steroid dienone is 1. The number of hydrogen-bond acceptors (Lipinski definition) is 2. The average molecular weight is 184 g/mol. The molecule has 1 N–H and O–H groups in total. The molecule has 13 heavy (non-hydrogen) atoms. The second-order valence-electron chi connectivity index (χ2n) is 4.86. The molecule has 1 fully saturated rings. The van der Waals surface area contributed by atoms with Crippen LogP contribution < -0.4 is 0 Å². The van der Waals surface area contributed by atoms with Crippen molar-refractivity contribution in [3.8, 4) is 0 Å². The van der Waals surface area contributed by atoms with Gasteiger partial charge in [0.25, 0.3) is 0 Å². The minimum atomic E-state index is -0.652. The predicted octanol–water partition coefficient (Wildman–Crippen LogP) is 2.27. The van der Waals surface area contributed by atoms with Crippen LogP contribution in [0.5, 0.6) is 0 Å². The highest BCUT2D eigenvalue weighted by molar-refractivity contribution is 5.10. The summed E-state index contributed by atoms with van der Waals surface area (Å²) in [7, 11) is 0. The molecule has 0 aromatic carbocycles. The lowest BCUT2D eigenvalue weighted by Gasteiger charge is -2.40. The van der Waals surface area contributed by atoms with E-state index in [1.54, 1.807) is 0 Å². The zero-order chi connectivity index (χ0) is 10.1. The maximum atomic E-state index is 10.2.